The molecule has 1 amide bonds. The number of halogens is 1. The van der Waals surface area contributed by atoms with Gasteiger partial charge in [-0.25, -0.2) is 9.18 Å². The molecule has 3 atom stereocenters. The zero-order valence-corrected chi connectivity index (χ0v) is 19.0. The predicted octanol–water partition coefficient (Wildman–Crippen LogP) is 4.32. The van der Waals surface area contributed by atoms with E-state index in [1.54, 1.807) is 37.4 Å². The Balaban J connectivity index is 1.79. The molecule has 0 bridgehead atoms. The number of benzene rings is 2. The van der Waals surface area contributed by atoms with Gasteiger partial charge in [-0.1, -0.05) is 13.8 Å². The molecule has 1 aromatic heterocycles. The summed E-state index contributed by atoms with van der Waals surface area (Å²) in [6.07, 6.45) is 1.26. The van der Waals surface area contributed by atoms with Crippen LogP contribution in [0.1, 0.15) is 37.9 Å². The summed E-state index contributed by atoms with van der Waals surface area (Å²) in [6.45, 7) is 5.52. The highest BCUT2D eigenvalue weighted by Gasteiger charge is 2.44. The SMILES string of the molecule is COc1ccc2c(c1)OC(C(C)C)C(=O)N(C(C)Cc1c[nH]c3ccc(F)cc13)C2C(=O)O. The average Bonchev–Trinajstić information content (AvgIpc) is 3.09. The van der Waals surface area contributed by atoms with E-state index in [2.05, 4.69) is 4.98 Å². The van der Waals surface area contributed by atoms with E-state index < -0.39 is 30.1 Å². The van der Waals surface area contributed by atoms with Crippen LogP contribution in [0.25, 0.3) is 10.9 Å². The third-order valence-electron chi connectivity index (χ3n) is 6.10. The highest BCUT2D eigenvalue weighted by atomic mass is 19.1. The summed E-state index contributed by atoms with van der Waals surface area (Å²) < 4.78 is 25.2. The molecule has 0 aliphatic carbocycles. The lowest BCUT2D eigenvalue weighted by atomic mass is 9.97. The van der Waals surface area contributed by atoms with Crippen LogP contribution in [0.5, 0.6) is 11.5 Å². The molecule has 33 heavy (non-hydrogen) atoms. The fraction of sp³-hybridized carbons (Fsp3) is 0.360. The minimum atomic E-state index is -1.24. The predicted molar refractivity (Wildman–Crippen MR) is 121 cm³/mol. The number of aliphatic carboxylic acids is 1. The quantitative estimate of drug-likeness (QED) is 0.579. The van der Waals surface area contributed by atoms with Crippen LogP contribution in [0.15, 0.2) is 42.6 Å². The van der Waals surface area contributed by atoms with Gasteiger partial charge in [0.1, 0.15) is 17.3 Å². The Bertz CT molecular complexity index is 1200. The summed E-state index contributed by atoms with van der Waals surface area (Å²) in [4.78, 5) is 30.6. The number of fused-ring (bicyclic) bond motifs is 2. The van der Waals surface area contributed by atoms with Gasteiger partial charge in [-0.05, 0) is 55.2 Å². The number of carbonyl (C=O) groups is 2. The summed E-state index contributed by atoms with van der Waals surface area (Å²) >= 11 is 0. The molecule has 4 rings (SSSR count). The number of carboxylic acids is 1. The number of carbonyl (C=O) groups excluding carboxylic acids is 1. The van der Waals surface area contributed by atoms with Gasteiger partial charge in [-0.2, -0.15) is 0 Å². The van der Waals surface area contributed by atoms with Gasteiger partial charge >= 0.3 is 5.97 Å². The molecule has 174 valence electrons. The van der Waals surface area contributed by atoms with Crippen LogP contribution in [0, 0.1) is 11.7 Å². The molecule has 0 fully saturated rings. The zero-order valence-electron chi connectivity index (χ0n) is 19.0. The minimum Gasteiger partial charge on any atom is -0.497 e. The fourth-order valence-electron chi connectivity index (χ4n) is 4.46. The summed E-state index contributed by atoms with van der Waals surface area (Å²) in [5.41, 5.74) is 1.96. The highest BCUT2D eigenvalue weighted by Crippen LogP contribution is 2.39. The van der Waals surface area contributed by atoms with Crippen molar-refractivity contribution in [1.29, 1.82) is 0 Å². The van der Waals surface area contributed by atoms with E-state index in [1.807, 2.05) is 13.8 Å². The number of nitrogens with zero attached hydrogens (tertiary/aromatic N) is 1. The van der Waals surface area contributed by atoms with Crippen molar-refractivity contribution in [2.75, 3.05) is 7.11 Å². The maximum Gasteiger partial charge on any atom is 0.331 e. The van der Waals surface area contributed by atoms with Crippen LogP contribution in [-0.4, -0.2) is 46.1 Å². The molecule has 2 heterocycles. The second kappa shape index (κ2) is 8.77. The molecule has 2 aromatic carbocycles. The monoisotopic (exact) mass is 454 g/mol. The van der Waals surface area contributed by atoms with E-state index in [1.165, 1.54) is 24.1 Å². The Hall–Kier alpha value is -3.55. The van der Waals surface area contributed by atoms with Gasteiger partial charge < -0.3 is 24.5 Å². The number of aromatic amines is 1. The van der Waals surface area contributed by atoms with Gasteiger partial charge in [-0.3, -0.25) is 4.79 Å². The standard InChI is InChI=1S/C25H27FN2O5/c1-13(2)23-24(29)28(14(3)9-15-12-27-20-8-5-16(26)10-19(15)20)22(25(30)31)18-7-6-17(32-4)11-21(18)33-23/h5-8,10-14,22-23,27H,9H2,1-4H3,(H,30,31). The summed E-state index contributed by atoms with van der Waals surface area (Å²) in [7, 11) is 1.51. The van der Waals surface area contributed by atoms with Crippen molar-refractivity contribution in [1.82, 2.24) is 9.88 Å². The van der Waals surface area contributed by atoms with Crippen LogP contribution in [0.3, 0.4) is 0 Å². The first kappa shape index (κ1) is 22.6. The lowest BCUT2D eigenvalue weighted by Gasteiger charge is -2.34. The Morgan fingerprint density at radius 2 is 2.00 bits per heavy atom. The third-order valence-corrected chi connectivity index (χ3v) is 6.10. The van der Waals surface area contributed by atoms with E-state index >= 15 is 0 Å². The fourth-order valence-corrected chi connectivity index (χ4v) is 4.46. The maximum atomic E-state index is 13.9. The topological polar surface area (TPSA) is 91.9 Å². The van der Waals surface area contributed by atoms with Crippen molar-refractivity contribution in [3.05, 3.63) is 59.5 Å². The molecule has 1 aliphatic heterocycles. The van der Waals surface area contributed by atoms with Gasteiger partial charge in [0.05, 0.1) is 7.11 Å². The normalized spacial score (nSPS) is 19.2. The van der Waals surface area contributed by atoms with Gasteiger partial charge in [0.15, 0.2) is 12.1 Å². The molecule has 8 heteroatoms. The molecule has 3 aromatic rings. The van der Waals surface area contributed by atoms with Gasteiger partial charge in [0.2, 0.25) is 0 Å². The number of carboxylic acid groups (broad SMARTS) is 1. The van der Waals surface area contributed by atoms with Gasteiger partial charge in [0, 0.05) is 34.8 Å². The summed E-state index contributed by atoms with van der Waals surface area (Å²) in [6, 6.07) is 7.63. The van der Waals surface area contributed by atoms with Crippen LogP contribution in [0.4, 0.5) is 4.39 Å². The molecule has 0 saturated carbocycles. The number of nitrogens with one attached hydrogen (secondary N) is 1. The number of H-pyrrole nitrogens is 1. The molecule has 3 unspecified atom stereocenters. The number of aromatic nitrogens is 1. The summed E-state index contributed by atoms with van der Waals surface area (Å²) in [5, 5.41) is 10.9. The van der Waals surface area contributed by atoms with Gasteiger partial charge in [-0.15, -0.1) is 0 Å². The van der Waals surface area contributed by atoms with Crippen LogP contribution >= 0.6 is 0 Å². The largest absolute Gasteiger partial charge is 0.497 e. The number of amides is 1. The average molecular weight is 454 g/mol. The molecular formula is C25H27FN2O5. The Labute approximate surface area is 191 Å². The van der Waals surface area contributed by atoms with Crippen molar-refractivity contribution in [2.24, 2.45) is 5.92 Å². The Morgan fingerprint density at radius 3 is 2.67 bits per heavy atom. The van der Waals surface area contributed by atoms with E-state index in [0.29, 0.717) is 28.9 Å². The second-order valence-electron chi connectivity index (χ2n) is 8.73. The van der Waals surface area contributed by atoms with E-state index in [-0.39, 0.29) is 11.7 Å². The Kier molecular flexibility index (Phi) is 6.01. The van der Waals surface area contributed by atoms with Crippen molar-refractivity contribution >= 4 is 22.8 Å². The Morgan fingerprint density at radius 1 is 1.24 bits per heavy atom. The van der Waals surface area contributed by atoms with Crippen LogP contribution < -0.4 is 9.47 Å². The van der Waals surface area contributed by atoms with Crippen molar-refractivity contribution in [3.8, 4) is 11.5 Å². The highest BCUT2D eigenvalue weighted by molar-refractivity contribution is 5.90. The smallest absolute Gasteiger partial charge is 0.331 e. The molecule has 7 nitrogen and oxygen atoms in total. The lowest BCUT2D eigenvalue weighted by molar-refractivity contribution is -0.155. The molecule has 0 spiro atoms. The number of hydrogen-bond acceptors (Lipinski definition) is 4. The molecular weight excluding hydrogens is 427 g/mol. The van der Waals surface area contributed by atoms with Crippen molar-refractivity contribution in [2.45, 2.75) is 45.4 Å². The zero-order chi connectivity index (χ0) is 23.9. The van der Waals surface area contributed by atoms with Crippen molar-refractivity contribution < 1.29 is 28.6 Å². The maximum absolute atomic E-state index is 13.9. The minimum absolute atomic E-state index is 0.194. The first-order chi connectivity index (χ1) is 15.7. The summed E-state index contributed by atoms with van der Waals surface area (Å²) in [5.74, 6) is -1.28. The van der Waals surface area contributed by atoms with Gasteiger partial charge in [0.25, 0.3) is 5.91 Å². The first-order valence-corrected chi connectivity index (χ1v) is 10.9. The lowest BCUT2D eigenvalue weighted by Crippen LogP contribution is -2.50. The number of rotatable bonds is 6. The third kappa shape index (κ3) is 4.13. The second-order valence-corrected chi connectivity index (χ2v) is 8.73. The first-order valence-electron chi connectivity index (χ1n) is 10.9. The van der Waals surface area contributed by atoms with E-state index in [9.17, 15) is 19.1 Å². The molecule has 0 saturated heterocycles. The number of methoxy groups -OCH3 is 1. The van der Waals surface area contributed by atoms with Crippen LogP contribution in [-0.2, 0) is 16.0 Å². The molecule has 1 aliphatic rings. The number of ether oxygens (including phenoxy) is 2. The molecule has 0 radical (unpaired) electrons. The van der Waals surface area contributed by atoms with E-state index in [4.69, 9.17) is 9.47 Å². The molecule has 2 N–H and O–H groups in total. The van der Waals surface area contributed by atoms with E-state index in [0.717, 1.165) is 11.1 Å². The van der Waals surface area contributed by atoms with Crippen molar-refractivity contribution in [3.63, 3.8) is 0 Å². The van der Waals surface area contributed by atoms with Crippen LogP contribution in [0.2, 0.25) is 0 Å². The number of hydrogen-bond donors (Lipinski definition) is 2.